The molecule has 2 nitrogen and oxygen atoms in total. The van der Waals surface area contributed by atoms with E-state index in [0.29, 0.717) is 6.10 Å². The zero-order chi connectivity index (χ0) is 14.4. The molecule has 2 rings (SSSR count). The van der Waals surface area contributed by atoms with Crippen LogP contribution in [0.4, 0.5) is 0 Å². The first-order chi connectivity index (χ1) is 9.55. The summed E-state index contributed by atoms with van der Waals surface area (Å²) in [4.78, 5) is 1.36. The summed E-state index contributed by atoms with van der Waals surface area (Å²) in [6, 6.07) is 8.99. The van der Waals surface area contributed by atoms with E-state index in [1.54, 1.807) is 0 Å². The highest BCUT2D eigenvalue weighted by atomic mass is 32.2. The van der Waals surface area contributed by atoms with Gasteiger partial charge >= 0.3 is 0 Å². The summed E-state index contributed by atoms with van der Waals surface area (Å²) in [7, 11) is 0. The molecule has 0 amide bonds. The minimum atomic E-state index is 0.242. The summed E-state index contributed by atoms with van der Waals surface area (Å²) in [5.74, 6) is 1.11. The predicted octanol–water partition coefficient (Wildman–Crippen LogP) is 3.84. The van der Waals surface area contributed by atoms with Crippen molar-refractivity contribution in [2.24, 2.45) is 0 Å². The second-order valence-corrected chi connectivity index (χ2v) is 7.63. The van der Waals surface area contributed by atoms with Crippen molar-refractivity contribution in [3.63, 3.8) is 0 Å². The Labute approximate surface area is 127 Å². The Morgan fingerprint density at radius 1 is 1.25 bits per heavy atom. The molecular weight excluding hydrogens is 266 g/mol. The zero-order valence-electron chi connectivity index (χ0n) is 12.9. The summed E-state index contributed by atoms with van der Waals surface area (Å²) < 4.78 is 5.59. The number of hydrogen-bond donors (Lipinski definition) is 1. The molecular formula is C17H27NOS. The van der Waals surface area contributed by atoms with Crippen molar-refractivity contribution in [3.05, 3.63) is 29.8 Å². The van der Waals surface area contributed by atoms with Crippen LogP contribution in [0, 0.1) is 0 Å². The van der Waals surface area contributed by atoms with Gasteiger partial charge in [-0.2, -0.15) is 0 Å². The first-order valence-electron chi connectivity index (χ1n) is 7.61. The molecule has 3 heteroatoms. The van der Waals surface area contributed by atoms with Gasteiger partial charge in [-0.25, -0.2) is 0 Å². The van der Waals surface area contributed by atoms with Crippen molar-refractivity contribution in [3.8, 4) is 0 Å². The lowest BCUT2D eigenvalue weighted by molar-refractivity contribution is 0.110. The molecule has 20 heavy (non-hydrogen) atoms. The van der Waals surface area contributed by atoms with Gasteiger partial charge in [0.2, 0.25) is 0 Å². The number of hydrogen-bond acceptors (Lipinski definition) is 3. The van der Waals surface area contributed by atoms with E-state index in [2.05, 4.69) is 50.4 Å². The third-order valence-corrected chi connectivity index (χ3v) is 4.68. The molecule has 1 atom stereocenters. The van der Waals surface area contributed by atoms with Gasteiger partial charge in [0.15, 0.2) is 0 Å². The Bertz CT molecular complexity index is 390. The molecule has 112 valence electrons. The average Bonchev–Trinajstić information content (AvgIpc) is 2.91. The van der Waals surface area contributed by atoms with Crippen molar-refractivity contribution in [1.82, 2.24) is 5.32 Å². The summed E-state index contributed by atoms with van der Waals surface area (Å²) >= 11 is 1.92. The van der Waals surface area contributed by atoms with Gasteiger partial charge in [0.25, 0.3) is 0 Å². The maximum Gasteiger partial charge on any atom is 0.0700 e. The van der Waals surface area contributed by atoms with Crippen LogP contribution in [0.3, 0.4) is 0 Å². The van der Waals surface area contributed by atoms with E-state index in [9.17, 15) is 0 Å². The van der Waals surface area contributed by atoms with E-state index in [-0.39, 0.29) is 5.41 Å². The highest BCUT2D eigenvalue weighted by Crippen LogP contribution is 2.25. The van der Waals surface area contributed by atoms with Crippen LogP contribution in [-0.4, -0.2) is 31.6 Å². The SMILES string of the molecule is CC(C)(C)c1ccc(SCCNCC2CCCO2)cc1. The van der Waals surface area contributed by atoms with Gasteiger partial charge < -0.3 is 10.1 Å². The number of ether oxygens (including phenoxy) is 1. The largest absolute Gasteiger partial charge is 0.377 e. The lowest BCUT2D eigenvalue weighted by Gasteiger charge is -2.19. The fourth-order valence-corrected chi connectivity index (χ4v) is 3.17. The topological polar surface area (TPSA) is 21.3 Å². The van der Waals surface area contributed by atoms with Crippen LogP contribution in [0.5, 0.6) is 0 Å². The second kappa shape index (κ2) is 7.48. The summed E-state index contributed by atoms with van der Waals surface area (Å²) in [5.41, 5.74) is 1.64. The van der Waals surface area contributed by atoms with Crippen LogP contribution in [0.15, 0.2) is 29.2 Å². The Morgan fingerprint density at radius 3 is 2.60 bits per heavy atom. The Morgan fingerprint density at radius 2 is 2.00 bits per heavy atom. The third kappa shape index (κ3) is 5.12. The molecule has 0 saturated carbocycles. The summed E-state index contributed by atoms with van der Waals surface area (Å²) in [5, 5.41) is 3.49. The number of rotatable bonds is 6. The molecule has 0 spiro atoms. The Balaban J connectivity index is 1.64. The smallest absolute Gasteiger partial charge is 0.0700 e. The van der Waals surface area contributed by atoms with Crippen LogP contribution in [0.1, 0.15) is 39.2 Å². The van der Waals surface area contributed by atoms with Gasteiger partial charge in [-0.3, -0.25) is 0 Å². The lowest BCUT2D eigenvalue weighted by Crippen LogP contribution is -2.27. The molecule has 1 unspecified atom stereocenters. The minimum absolute atomic E-state index is 0.242. The fraction of sp³-hybridized carbons (Fsp3) is 0.647. The normalized spacial score (nSPS) is 19.4. The first kappa shape index (κ1) is 15.9. The van der Waals surface area contributed by atoms with E-state index >= 15 is 0 Å². The van der Waals surface area contributed by atoms with Crippen molar-refractivity contribution in [1.29, 1.82) is 0 Å². The summed E-state index contributed by atoms with van der Waals surface area (Å²) in [6.07, 6.45) is 2.89. The molecule has 0 bridgehead atoms. The molecule has 1 aliphatic heterocycles. The van der Waals surface area contributed by atoms with Crippen LogP contribution in [0.25, 0.3) is 0 Å². The maximum absolute atomic E-state index is 5.59. The fourth-order valence-electron chi connectivity index (χ4n) is 2.36. The average molecular weight is 293 g/mol. The number of nitrogens with one attached hydrogen (secondary N) is 1. The lowest BCUT2D eigenvalue weighted by atomic mass is 9.87. The molecule has 1 heterocycles. The molecule has 0 radical (unpaired) electrons. The highest BCUT2D eigenvalue weighted by molar-refractivity contribution is 7.99. The van der Waals surface area contributed by atoms with Gasteiger partial charge in [0.1, 0.15) is 0 Å². The number of benzene rings is 1. The molecule has 1 saturated heterocycles. The third-order valence-electron chi connectivity index (χ3n) is 3.66. The van der Waals surface area contributed by atoms with E-state index in [0.717, 1.165) is 25.4 Å². The van der Waals surface area contributed by atoms with Gasteiger partial charge in [0, 0.05) is 30.3 Å². The maximum atomic E-state index is 5.59. The van der Waals surface area contributed by atoms with E-state index in [4.69, 9.17) is 4.74 Å². The van der Waals surface area contributed by atoms with E-state index in [1.165, 1.54) is 23.3 Å². The quantitative estimate of drug-likeness (QED) is 0.636. The summed E-state index contributed by atoms with van der Waals surface area (Å²) in [6.45, 7) is 9.76. The standard InChI is InChI=1S/C17H27NOS/c1-17(2,3)14-6-8-16(9-7-14)20-12-10-18-13-15-5-4-11-19-15/h6-9,15,18H,4-5,10-13H2,1-3H3. The van der Waals surface area contributed by atoms with Crippen molar-refractivity contribution >= 4 is 11.8 Å². The monoisotopic (exact) mass is 293 g/mol. The molecule has 0 aliphatic carbocycles. The van der Waals surface area contributed by atoms with Crippen molar-refractivity contribution in [2.45, 2.75) is 50.0 Å². The molecule has 1 aromatic rings. The van der Waals surface area contributed by atoms with Gasteiger partial charge in [-0.05, 0) is 36.0 Å². The zero-order valence-corrected chi connectivity index (χ0v) is 13.8. The predicted molar refractivity (Wildman–Crippen MR) is 87.7 cm³/mol. The van der Waals surface area contributed by atoms with Gasteiger partial charge in [-0.1, -0.05) is 32.9 Å². The highest BCUT2D eigenvalue weighted by Gasteiger charge is 2.14. The van der Waals surface area contributed by atoms with Gasteiger partial charge in [0.05, 0.1) is 6.10 Å². The van der Waals surface area contributed by atoms with E-state index < -0.39 is 0 Å². The van der Waals surface area contributed by atoms with Crippen molar-refractivity contribution < 1.29 is 4.74 Å². The van der Waals surface area contributed by atoms with E-state index in [1.807, 2.05) is 11.8 Å². The molecule has 1 aromatic carbocycles. The first-order valence-corrected chi connectivity index (χ1v) is 8.60. The molecule has 1 N–H and O–H groups in total. The van der Waals surface area contributed by atoms with Crippen LogP contribution >= 0.6 is 11.8 Å². The van der Waals surface area contributed by atoms with Crippen LogP contribution in [-0.2, 0) is 10.2 Å². The van der Waals surface area contributed by atoms with Crippen LogP contribution in [0.2, 0.25) is 0 Å². The molecule has 1 fully saturated rings. The Hall–Kier alpha value is -0.510. The van der Waals surface area contributed by atoms with Gasteiger partial charge in [-0.15, -0.1) is 11.8 Å². The van der Waals surface area contributed by atoms with Crippen LogP contribution < -0.4 is 5.32 Å². The Kier molecular flexibility index (Phi) is 5.94. The minimum Gasteiger partial charge on any atom is -0.377 e. The molecule has 1 aliphatic rings. The second-order valence-electron chi connectivity index (χ2n) is 6.46. The van der Waals surface area contributed by atoms with Crippen molar-refractivity contribution in [2.75, 3.05) is 25.4 Å². The molecule has 0 aromatic heterocycles. The number of thioether (sulfide) groups is 1.